The molecule has 0 aliphatic heterocycles. The molecule has 3 N–H and O–H groups in total. The minimum atomic E-state index is 0.0566. The van der Waals surface area contributed by atoms with Crippen LogP contribution in [0.25, 0.3) is 22.6 Å². The molecule has 0 aliphatic carbocycles. The van der Waals surface area contributed by atoms with Crippen LogP contribution < -0.4 is 5.73 Å². The second-order valence-corrected chi connectivity index (χ2v) is 5.57. The number of halogens is 1. The van der Waals surface area contributed by atoms with Crippen molar-refractivity contribution in [3.63, 3.8) is 0 Å². The molecule has 1 aromatic heterocycles. The van der Waals surface area contributed by atoms with Gasteiger partial charge in [0, 0.05) is 11.8 Å². The summed E-state index contributed by atoms with van der Waals surface area (Å²) in [5.74, 6) is 0.435. The van der Waals surface area contributed by atoms with Gasteiger partial charge < -0.3 is 15.3 Å². The molecule has 0 bridgehead atoms. The molecule has 2 aromatic carbocycles. The first-order valence-corrected chi connectivity index (χ1v) is 6.92. The Kier molecular flexibility index (Phi) is 2.94. The second kappa shape index (κ2) is 4.52. The molecule has 102 valence electrons. The van der Waals surface area contributed by atoms with Gasteiger partial charge in [0.05, 0.1) is 10.0 Å². The standard InChI is InChI=1S/C15H13BrN2O2/c1-7-5-11-14(13(16)8(7)2)20-15(18-11)10-4-3-9(17)6-12(10)19/h3-6,19H,17H2,1-2H3. The van der Waals surface area contributed by atoms with Crippen LogP contribution in [-0.2, 0) is 0 Å². The molecule has 0 spiro atoms. The molecular formula is C15H13BrN2O2. The van der Waals surface area contributed by atoms with E-state index in [2.05, 4.69) is 20.9 Å². The highest BCUT2D eigenvalue weighted by atomic mass is 79.9. The predicted octanol–water partition coefficient (Wildman–Crippen LogP) is 4.16. The molecule has 0 aliphatic rings. The topological polar surface area (TPSA) is 72.3 Å². The van der Waals surface area contributed by atoms with Crippen molar-refractivity contribution in [1.29, 1.82) is 0 Å². The molecule has 0 amide bonds. The first-order valence-electron chi connectivity index (χ1n) is 6.12. The average Bonchev–Trinajstić information content (AvgIpc) is 2.80. The zero-order valence-corrected chi connectivity index (χ0v) is 12.7. The molecule has 0 saturated carbocycles. The Morgan fingerprint density at radius 2 is 2.00 bits per heavy atom. The van der Waals surface area contributed by atoms with E-state index >= 15 is 0 Å². The number of rotatable bonds is 1. The van der Waals surface area contributed by atoms with Gasteiger partial charge in [-0.25, -0.2) is 4.98 Å². The molecule has 1 heterocycles. The Morgan fingerprint density at radius 3 is 2.70 bits per heavy atom. The smallest absolute Gasteiger partial charge is 0.231 e. The quantitative estimate of drug-likeness (QED) is 0.656. The molecule has 5 heteroatoms. The zero-order valence-electron chi connectivity index (χ0n) is 11.1. The van der Waals surface area contributed by atoms with Crippen LogP contribution in [0.2, 0.25) is 0 Å². The van der Waals surface area contributed by atoms with E-state index in [1.54, 1.807) is 12.1 Å². The van der Waals surface area contributed by atoms with Crippen molar-refractivity contribution in [3.05, 3.63) is 39.9 Å². The maximum atomic E-state index is 9.96. The summed E-state index contributed by atoms with van der Waals surface area (Å²) >= 11 is 3.53. The molecule has 20 heavy (non-hydrogen) atoms. The molecule has 0 unspecified atom stereocenters. The Bertz CT molecular complexity index is 824. The van der Waals surface area contributed by atoms with E-state index in [0.29, 0.717) is 22.7 Å². The molecule has 0 saturated heterocycles. The number of nitrogen functional groups attached to an aromatic ring is 1. The molecule has 0 fully saturated rings. The van der Waals surface area contributed by atoms with Crippen molar-refractivity contribution >= 4 is 32.7 Å². The fraction of sp³-hybridized carbons (Fsp3) is 0.133. The predicted molar refractivity (Wildman–Crippen MR) is 82.7 cm³/mol. The minimum absolute atomic E-state index is 0.0566. The van der Waals surface area contributed by atoms with Gasteiger partial charge in [0.1, 0.15) is 11.3 Å². The van der Waals surface area contributed by atoms with Crippen molar-refractivity contribution in [2.24, 2.45) is 0 Å². The molecule has 3 rings (SSSR count). The van der Waals surface area contributed by atoms with Crippen LogP contribution in [0.4, 0.5) is 5.69 Å². The lowest BCUT2D eigenvalue weighted by Gasteiger charge is -2.02. The number of nitrogens with zero attached hydrogens (tertiary/aromatic N) is 1. The molecule has 4 nitrogen and oxygen atoms in total. The summed E-state index contributed by atoms with van der Waals surface area (Å²) in [6, 6.07) is 6.85. The summed E-state index contributed by atoms with van der Waals surface area (Å²) in [6.45, 7) is 4.04. The van der Waals surface area contributed by atoms with E-state index < -0.39 is 0 Å². The van der Waals surface area contributed by atoms with Crippen molar-refractivity contribution in [3.8, 4) is 17.2 Å². The lowest BCUT2D eigenvalue weighted by atomic mass is 10.1. The van der Waals surface area contributed by atoms with Crippen LogP contribution in [0, 0.1) is 13.8 Å². The fourth-order valence-electron chi connectivity index (χ4n) is 2.09. The number of fused-ring (bicyclic) bond motifs is 1. The van der Waals surface area contributed by atoms with Gasteiger partial charge in [-0.1, -0.05) is 0 Å². The van der Waals surface area contributed by atoms with Gasteiger partial charge in [-0.05, 0) is 59.1 Å². The monoisotopic (exact) mass is 332 g/mol. The molecule has 0 radical (unpaired) electrons. The number of anilines is 1. The lowest BCUT2D eigenvalue weighted by molar-refractivity contribution is 0.474. The van der Waals surface area contributed by atoms with Crippen molar-refractivity contribution in [2.45, 2.75) is 13.8 Å². The highest BCUT2D eigenvalue weighted by Crippen LogP contribution is 2.36. The fourth-order valence-corrected chi connectivity index (χ4v) is 2.69. The number of nitrogens with two attached hydrogens (primary N) is 1. The van der Waals surface area contributed by atoms with Crippen molar-refractivity contribution < 1.29 is 9.52 Å². The van der Waals surface area contributed by atoms with E-state index in [1.165, 1.54) is 6.07 Å². The summed E-state index contributed by atoms with van der Waals surface area (Å²) in [4.78, 5) is 4.44. The van der Waals surface area contributed by atoms with E-state index in [1.807, 2.05) is 19.9 Å². The number of hydrogen-bond acceptors (Lipinski definition) is 4. The third-order valence-corrected chi connectivity index (χ3v) is 4.33. The number of phenolic OH excluding ortho intramolecular Hbond substituents is 1. The number of aromatic nitrogens is 1. The van der Waals surface area contributed by atoms with Gasteiger partial charge in [0.2, 0.25) is 5.89 Å². The van der Waals surface area contributed by atoms with Gasteiger partial charge in [-0.2, -0.15) is 0 Å². The van der Waals surface area contributed by atoms with E-state index in [4.69, 9.17) is 10.2 Å². The zero-order chi connectivity index (χ0) is 14.4. The lowest BCUT2D eigenvalue weighted by Crippen LogP contribution is -1.85. The number of aryl methyl sites for hydroxylation is 1. The first-order chi connectivity index (χ1) is 9.47. The van der Waals surface area contributed by atoms with Crippen molar-refractivity contribution in [2.75, 3.05) is 5.73 Å². The average molecular weight is 333 g/mol. The van der Waals surface area contributed by atoms with Crippen LogP contribution in [0.1, 0.15) is 11.1 Å². The van der Waals surface area contributed by atoms with Crippen LogP contribution in [0.5, 0.6) is 5.75 Å². The van der Waals surface area contributed by atoms with Crippen LogP contribution >= 0.6 is 15.9 Å². The highest BCUT2D eigenvalue weighted by molar-refractivity contribution is 9.10. The maximum Gasteiger partial charge on any atom is 0.231 e. The summed E-state index contributed by atoms with van der Waals surface area (Å²) in [5.41, 5.74) is 10.3. The largest absolute Gasteiger partial charge is 0.507 e. The second-order valence-electron chi connectivity index (χ2n) is 4.78. The number of hydrogen-bond donors (Lipinski definition) is 2. The molecular weight excluding hydrogens is 320 g/mol. The first kappa shape index (κ1) is 13.0. The van der Waals surface area contributed by atoms with Crippen molar-refractivity contribution in [1.82, 2.24) is 4.98 Å². The van der Waals surface area contributed by atoms with E-state index in [-0.39, 0.29) is 5.75 Å². The number of benzene rings is 2. The third kappa shape index (κ3) is 1.94. The Balaban J connectivity index is 2.26. The van der Waals surface area contributed by atoms with Gasteiger partial charge in [0.15, 0.2) is 5.58 Å². The Labute approximate surface area is 124 Å². The summed E-state index contributed by atoms with van der Waals surface area (Å²) in [7, 11) is 0. The van der Waals surface area contributed by atoms with Crippen LogP contribution in [0.15, 0.2) is 33.2 Å². The number of aromatic hydroxyl groups is 1. The molecule has 0 atom stereocenters. The highest BCUT2D eigenvalue weighted by Gasteiger charge is 2.16. The van der Waals surface area contributed by atoms with Crippen LogP contribution in [0.3, 0.4) is 0 Å². The SMILES string of the molecule is Cc1cc2nc(-c3ccc(N)cc3O)oc2c(Br)c1C. The van der Waals surface area contributed by atoms with Gasteiger partial charge >= 0.3 is 0 Å². The van der Waals surface area contributed by atoms with Crippen LogP contribution in [-0.4, -0.2) is 10.1 Å². The normalized spacial score (nSPS) is 11.2. The number of phenols is 1. The number of oxazole rings is 1. The van der Waals surface area contributed by atoms with Gasteiger partial charge in [0.25, 0.3) is 0 Å². The maximum absolute atomic E-state index is 9.96. The van der Waals surface area contributed by atoms with Gasteiger partial charge in [-0.15, -0.1) is 0 Å². The minimum Gasteiger partial charge on any atom is -0.507 e. The Morgan fingerprint density at radius 1 is 1.25 bits per heavy atom. The molecule has 3 aromatic rings. The van der Waals surface area contributed by atoms with E-state index in [0.717, 1.165) is 21.1 Å². The summed E-state index contributed by atoms with van der Waals surface area (Å²) in [5, 5.41) is 9.96. The third-order valence-electron chi connectivity index (χ3n) is 3.38. The van der Waals surface area contributed by atoms with E-state index in [9.17, 15) is 5.11 Å². The summed E-state index contributed by atoms with van der Waals surface area (Å²) in [6.07, 6.45) is 0. The van der Waals surface area contributed by atoms with Gasteiger partial charge in [-0.3, -0.25) is 0 Å². The Hall–Kier alpha value is -2.01. The summed E-state index contributed by atoms with van der Waals surface area (Å²) < 4.78 is 6.67.